The molecule has 1 saturated heterocycles. The molecule has 1 aromatic rings. The standard InChI is InChI=1S/C16H24BrNO/c1-13(2)18-10-5-8-16(19,9-11-18)12-14-6-3-4-7-15(14)17/h3-4,6-7,13,19H,5,8-12H2,1-2H3. The van der Waals surface area contributed by atoms with E-state index in [1.165, 1.54) is 5.56 Å². The van der Waals surface area contributed by atoms with Crippen LogP contribution in [0, 0.1) is 0 Å². The highest BCUT2D eigenvalue weighted by Crippen LogP contribution is 2.29. The topological polar surface area (TPSA) is 23.5 Å². The van der Waals surface area contributed by atoms with Crippen molar-refractivity contribution in [2.75, 3.05) is 13.1 Å². The fourth-order valence-electron chi connectivity index (χ4n) is 2.89. The molecule has 1 aromatic carbocycles. The average Bonchev–Trinajstić information content (AvgIpc) is 2.55. The van der Waals surface area contributed by atoms with Gasteiger partial charge in [-0.05, 0) is 51.3 Å². The van der Waals surface area contributed by atoms with Gasteiger partial charge in [0.05, 0.1) is 5.60 Å². The lowest BCUT2D eigenvalue weighted by molar-refractivity contribution is 0.0247. The van der Waals surface area contributed by atoms with Gasteiger partial charge in [0.25, 0.3) is 0 Å². The highest BCUT2D eigenvalue weighted by molar-refractivity contribution is 9.10. The Balaban J connectivity index is 2.05. The zero-order valence-electron chi connectivity index (χ0n) is 11.9. The van der Waals surface area contributed by atoms with Gasteiger partial charge in [-0.2, -0.15) is 0 Å². The van der Waals surface area contributed by atoms with Gasteiger partial charge < -0.3 is 10.0 Å². The summed E-state index contributed by atoms with van der Waals surface area (Å²) in [5, 5.41) is 10.9. The summed E-state index contributed by atoms with van der Waals surface area (Å²) >= 11 is 3.58. The van der Waals surface area contributed by atoms with E-state index in [0.717, 1.165) is 43.2 Å². The minimum absolute atomic E-state index is 0.548. The van der Waals surface area contributed by atoms with Crippen molar-refractivity contribution >= 4 is 15.9 Å². The average molecular weight is 326 g/mol. The molecule has 1 fully saturated rings. The van der Waals surface area contributed by atoms with Gasteiger partial charge in [-0.3, -0.25) is 0 Å². The number of nitrogens with zero attached hydrogens (tertiary/aromatic N) is 1. The molecule has 2 nitrogen and oxygen atoms in total. The summed E-state index contributed by atoms with van der Waals surface area (Å²) in [5.74, 6) is 0. The van der Waals surface area contributed by atoms with Crippen molar-refractivity contribution in [1.29, 1.82) is 0 Å². The first-order valence-electron chi connectivity index (χ1n) is 7.20. The Labute approximate surface area is 124 Å². The number of aliphatic hydroxyl groups is 1. The second-order valence-corrected chi connectivity index (χ2v) is 6.83. The van der Waals surface area contributed by atoms with E-state index in [1.54, 1.807) is 0 Å². The monoisotopic (exact) mass is 325 g/mol. The molecule has 0 saturated carbocycles. The van der Waals surface area contributed by atoms with Crippen LogP contribution in [0.15, 0.2) is 28.7 Å². The van der Waals surface area contributed by atoms with Gasteiger partial charge in [-0.1, -0.05) is 34.1 Å². The lowest BCUT2D eigenvalue weighted by atomic mass is 9.88. The molecule has 106 valence electrons. The summed E-state index contributed by atoms with van der Waals surface area (Å²) in [6, 6.07) is 8.79. The normalized spacial score (nSPS) is 25.5. The molecule has 1 aliphatic rings. The summed E-state index contributed by atoms with van der Waals surface area (Å²) in [7, 11) is 0. The van der Waals surface area contributed by atoms with Crippen molar-refractivity contribution in [3.63, 3.8) is 0 Å². The van der Waals surface area contributed by atoms with Crippen LogP contribution in [0.25, 0.3) is 0 Å². The van der Waals surface area contributed by atoms with E-state index in [1.807, 2.05) is 12.1 Å². The zero-order valence-corrected chi connectivity index (χ0v) is 13.5. The number of benzene rings is 1. The quantitative estimate of drug-likeness (QED) is 0.917. The number of hydrogen-bond donors (Lipinski definition) is 1. The maximum atomic E-state index is 10.9. The molecule has 1 atom stereocenters. The molecule has 0 aromatic heterocycles. The first-order valence-corrected chi connectivity index (χ1v) is 7.99. The molecule has 0 amide bonds. The molecule has 1 unspecified atom stereocenters. The highest BCUT2D eigenvalue weighted by Gasteiger charge is 2.31. The predicted molar refractivity (Wildman–Crippen MR) is 83.4 cm³/mol. The van der Waals surface area contributed by atoms with E-state index in [9.17, 15) is 5.11 Å². The van der Waals surface area contributed by atoms with Gasteiger partial charge in [-0.15, -0.1) is 0 Å². The fraction of sp³-hybridized carbons (Fsp3) is 0.625. The summed E-state index contributed by atoms with van der Waals surface area (Å²) in [6.07, 6.45) is 3.60. The Morgan fingerprint density at radius 1 is 1.26 bits per heavy atom. The molecule has 1 aliphatic heterocycles. The number of hydrogen-bond acceptors (Lipinski definition) is 2. The summed E-state index contributed by atoms with van der Waals surface area (Å²) < 4.78 is 1.10. The zero-order chi connectivity index (χ0) is 13.9. The van der Waals surface area contributed by atoms with E-state index in [0.29, 0.717) is 6.04 Å². The minimum Gasteiger partial charge on any atom is -0.389 e. The first kappa shape index (κ1) is 15.0. The maximum absolute atomic E-state index is 10.9. The third-order valence-electron chi connectivity index (χ3n) is 4.16. The molecule has 1 N–H and O–H groups in total. The lowest BCUT2D eigenvalue weighted by Crippen LogP contribution is -2.35. The van der Waals surface area contributed by atoms with Gasteiger partial charge in [0.15, 0.2) is 0 Å². The predicted octanol–water partition coefficient (Wildman–Crippen LogP) is 3.62. The first-order chi connectivity index (χ1) is 9.00. The van der Waals surface area contributed by atoms with Gasteiger partial charge in [0, 0.05) is 23.5 Å². The fourth-order valence-corrected chi connectivity index (χ4v) is 3.31. The molecule has 0 aliphatic carbocycles. The van der Waals surface area contributed by atoms with Crippen molar-refractivity contribution in [3.8, 4) is 0 Å². The van der Waals surface area contributed by atoms with E-state index in [-0.39, 0.29) is 0 Å². The molecule has 19 heavy (non-hydrogen) atoms. The Kier molecular flexibility index (Phi) is 5.04. The molecule has 0 spiro atoms. The van der Waals surface area contributed by atoms with Crippen LogP contribution in [-0.2, 0) is 6.42 Å². The van der Waals surface area contributed by atoms with Crippen LogP contribution < -0.4 is 0 Å². The second kappa shape index (κ2) is 6.38. The summed E-state index contributed by atoms with van der Waals surface area (Å²) in [5.41, 5.74) is 0.663. The molecular formula is C16H24BrNO. The largest absolute Gasteiger partial charge is 0.389 e. The van der Waals surface area contributed by atoms with Crippen LogP contribution >= 0.6 is 15.9 Å². The van der Waals surface area contributed by atoms with Crippen LogP contribution in [0.3, 0.4) is 0 Å². The minimum atomic E-state index is -0.548. The number of likely N-dealkylation sites (tertiary alicyclic amines) is 1. The van der Waals surface area contributed by atoms with Gasteiger partial charge in [-0.25, -0.2) is 0 Å². The molecule has 2 rings (SSSR count). The number of halogens is 1. The summed E-state index contributed by atoms with van der Waals surface area (Å²) in [6.45, 7) is 6.57. The van der Waals surface area contributed by atoms with Crippen molar-refractivity contribution in [2.24, 2.45) is 0 Å². The third kappa shape index (κ3) is 4.04. The molecular weight excluding hydrogens is 302 g/mol. The van der Waals surface area contributed by atoms with Crippen LogP contribution in [0.1, 0.15) is 38.7 Å². The Morgan fingerprint density at radius 3 is 2.68 bits per heavy atom. The van der Waals surface area contributed by atoms with Crippen LogP contribution in [0.2, 0.25) is 0 Å². The maximum Gasteiger partial charge on any atom is 0.0701 e. The molecule has 3 heteroatoms. The van der Waals surface area contributed by atoms with E-state index in [2.05, 4.69) is 46.8 Å². The van der Waals surface area contributed by atoms with Crippen LogP contribution in [-0.4, -0.2) is 34.7 Å². The van der Waals surface area contributed by atoms with Crippen molar-refractivity contribution in [3.05, 3.63) is 34.3 Å². The second-order valence-electron chi connectivity index (χ2n) is 5.98. The Bertz CT molecular complexity index is 421. The molecule has 1 heterocycles. The van der Waals surface area contributed by atoms with Gasteiger partial charge in [0.1, 0.15) is 0 Å². The molecule has 0 bridgehead atoms. The van der Waals surface area contributed by atoms with Crippen molar-refractivity contribution < 1.29 is 5.11 Å². The third-order valence-corrected chi connectivity index (χ3v) is 4.93. The lowest BCUT2D eigenvalue weighted by Gasteiger charge is -2.28. The van der Waals surface area contributed by atoms with Crippen LogP contribution in [0.4, 0.5) is 0 Å². The van der Waals surface area contributed by atoms with E-state index >= 15 is 0 Å². The highest BCUT2D eigenvalue weighted by atomic mass is 79.9. The van der Waals surface area contributed by atoms with Crippen molar-refractivity contribution in [2.45, 2.75) is 51.2 Å². The molecule has 0 radical (unpaired) electrons. The van der Waals surface area contributed by atoms with E-state index in [4.69, 9.17) is 0 Å². The Hall–Kier alpha value is -0.380. The Morgan fingerprint density at radius 2 is 2.00 bits per heavy atom. The SMILES string of the molecule is CC(C)N1CCCC(O)(Cc2ccccc2Br)CC1. The van der Waals surface area contributed by atoms with E-state index < -0.39 is 5.60 Å². The van der Waals surface area contributed by atoms with Crippen LogP contribution in [0.5, 0.6) is 0 Å². The van der Waals surface area contributed by atoms with Gasteiger partial charge >= 0.3 is 0 Å². The van der Waals surface area contributed by atoms with Gasteiger partial charge in [0.2, 0.25) is 0 Å². The van der Waals surface area contributed by atoms with Crippen molar-refractivity contribution in [1.82, 2.24) is 4.90 Å². The summed E-state index contributed by atoms with van der Waals surface area (Å²) in [4.78, 5) is 2.47. The number of rotatable bonds is 3. The smallest absolute Gasteiger partial charge is 0.0701 e.